The molecule has 0 bridgehead atoms. The number of nitrogens with zero attached hydrogens (tertiary/aromatic N) is 1. The molecule has 0 heterocycles. The molecule has 3 heteroatoms. The Morgan fingerprint density at radius 3 is 2.68 bits per heavy atom. The summed E-state index contributed by atoms with van der Waals surface area (Å²) in [6.45, 7) is 7.49. The average Bonchev–Trinajstić information content (AvgIpc) is 2.38. The molecule has 1 aromatic rings. The van der Waals surface area contributed by atoms with Crippen molar-refractivity contribution in [2.24, 2.45) is 11.7 Å². The van der Waals surface area contributed by atoms with E-state index in [0.717, 1.165) is 19.4 Å². The minimum absolute atomic E-state index is 0.0219. The summed E-state index contributed by atoms with van der Waals surface area (Å²) >= 11 is 0. The number of amides is 1. The first-order valence-corrected chi connectivity index (χ1v) is 6.97. The summed E-state index contributed by atoms with van der Waals surface area (Å²) < 4.78 is 0. The van der Waals surface area contributed by atoms with Gasteiger partial charge in [0.1, 0.15) is 0 Å². The number of rotatable bonds is 6. The fraction of sp³-hybridized carbons (Fsp3) is 0.562. The molecular weight excluding hydrogens is 236 g/mol. The molecular formula is C16H26N2O. The van der Waals surface area contributed by atoms with E-state index in [1.807, 2.05) is 18.9 Å². The van der Waals surface area contributed by atoms with Crippen molar-refractivity contribution in [3.05, 3.63) is 34.9 Å². The molecule has 0 saturated carbocycles. The molecule has 1 atom stereocenters. The van der Waals surface area contributed by atoms with Gasteiger partial charge in [0, 0.05) is 19.5 Å². The predicted octanol–water partition coefficient (Wildman–Crippen LogP) is 2.29. The van der Waals surface area contributed by atoms with Crippen LogP contribution in [0.1, 0.15) is 30.0 Å². The van der Waals surface area contributed by atoms with Crippen LogP contribution >= 0.6 is 0 Å². The van der Waals surface area contributed by atoms with E-state index in [0.29, 0.717) is 6.54 Å². The topological polar surface area (TPSA) is 46.3 Å². The zero-order valence-corrected chi connectivity index (χ0v) is 12.6. The lowest BCUT2D eigenvalue weighted by Gasteiger charge is -2.21. The molecule has 0 aromatic heterocycles. The van der Waals surface area contributed by atoms with E-state index in [4.69, 9.17) is 5.73 Å². The summed E-state index contributed by atoms with van der Waals surface area (Å²) in [4.78, 5) is 13.9. The summed E-state index contributed by atoms with van der Waals surface area (Å²) in [6.07, 6.45) is 1.66. The van der Waals surface area contributed by atoms with Crippen molar-refractivity contribution in [2.45, 2.75) is 33.6 Å². The van der Waals surface area contributed by atoms with Crippen LogP contribution in [0.15, 0.2) is 18.2 Å². The monoisotopic (exact) mass is 262 g/mol. The van der Waals surface area contributed by atoms with Crippen molar-refractivity contribution in [1.29, 1.82) is 0 Å². The maximum atomic E-state index is 12.1. The van der Waals surface area contributed by atoms with Crippen LogP contribution in [0.5, 0.6) is 0 Å². The first-order valence-electron chi connectivity index (χ1n) is 6.97. The lowest BCUT2D eigenvalue weighted by Crippen LogP contribution is -2.34. The van der Waals surface area contributed by atoms with Crippen molar-refractivity contribution in [2.75, 3.05) is 20.1 Å². The zero-order valence-electron chi connectivity index (χ0n) is 12.6. The Bertz CT molecular complexity index is 429. The van der Waals surface area contributed by atoms with Gasteiger partial charge in [-0.3, -0.25) is 4.79 Å². The second-order valence-corrected chi connectivity index (χ2v) is 5.42. The van der Waals surface area contributed by atoms with Crippen LogP contribution in [-0.2, 0) is 11.2 Å². The summed E-state index contributed by atoms with van der Waals surface area (Å²) in [6, 6.07) is 6.47. The fourth-order valence-electron chi connectivity index (χ4n) is 2.22. The quantitative estimate of drug-likeness (QED) is 0.855. The molecule has 0 fully saturated rings. The summed E-state index contributed by atoms with van der Waals surface area (Å²) in [7, 11) is 1.88. The van der Waals surface area contributed by atoms with Crippen molar-refractivity contribution in [3.8, 4) is 0 Å². The van der Waals surface area contributed by atoms with Gasteiger partial charge in [-0.2, -0.15) is 0 Å². The number of hydrogen-bond donors (Lipinski definition) is 1. The third-order valence-corrected chi connectivity index (χ3v) is 3.62. The normalized spacial score (nSPS) is 12.3. The van der Waals surface area contributed by atoms with Crippen LogP contribution in [0.4, 0.5) is 0 Å². The Morgan fingerprint density at radius 2 is 2.05 bits per heavy atom. The Hall–Kier alpha value is -1.35. The van der Waals surface area contributed by atoms with Gasteiger partial charge in [0.2, 0.25) is 5.91 Å². The predicted molar refractivity (Wildman–Crippen MR) is 80.1 cm³/mol. The zero-order chi connectivity index (χ0) is 14.4. The highest BCUT2D eigenvalue weighted by molar-refractivity contribution is 5.78. The van der Waals surface area contributed by atoms with Crippen LogP contribution < -0.4 is 5.73 Å². The van der Waals surface area contributed by atoms with E-state index in [2.05, 4.69) is 32.0 Å². The molecule has 1 aromatic carbocycles. The third-order valence-electron chi connectivity index (χ3n) is 3.62. The molecule has 1 amide bonds. The maximum absolute atomic E-state index is 12.1. The third kappa shape index (κ3) is 4.67. The smallest absolute Gasteiger partial charge is 0.225 e. The van der Waals surface area contributed by atoms with Gasteiger partial charge < -0.3 is 10.6 Å². The summed E-state index contributed by atoms with van der Waals surface area (Å²) in [5.41, 5.74) is 9.39. The molecule has 1 unspecified atom stereocenters. The summed E-state index contributed by atoms with van der Waals surface area (Å²) in [5, 5.41) is 0. The molecule has 0 aliphatic heterocycles. The number of carbonyl (C=O) groups excluding carboxylic acids is 1. The van der Waals surface area contributed by atoms with Gasteiger partial charge in [0.25, 0.3) is 0 Å². The highest BCUT2D eigenvalue weighted by Crippen LogP contribution is 2.12. The average molecular weight is 262 g/mol. The van der Waals surface area contributed by atoms with Crippen molar-refractivity contribution in [1.82, 2.24) is 4.90 Å². The van der Waals surface area contributed by atoms with Gasteiger partial charge in [-0.25, -0.2) is 0 Å². The molecule has 0 radical (unpaired) electrons. The van der Waals surface area contributed by atoms with E-state index in [-0.39, 0.29) is 11.8 Å². The first kappa shape index (κ1) is 15.7. The van der Waals surface area contributed by atoms with E-state index < -0.39 is 0 Å². The Labute approximate surface area is 116 Å². The Morgan fingerprint density at radius 1 is 1.37 bits per heavy atom. The molecule has 0 saturated heterocycles. The number of likely N-dealkylation sites (N-methyl/N-ethyl adjacent to an activating group) is 1. The van der Waals surface area contributed by atoms with E-state index >= 15 is 0 Å². The van der Waals surface area contributed by atoms with Crippen LogP contribution in [0.2, 0.25) is 0 Å². The lowest BCUT2D eigenvalue weighted by molar-refractivity contribution is -0.133. The molecule has 0 spiro atoms. The number of carbonyl (C=O) groups is 1. The number of hydrogen-bond acceptors (Lipinski definition) is 2. The van der Waals surface area contributed by atoms with Crippen LogP contribution in [0.3, 0.4) is 0 Å². The SMILES string of the molecule is Cc1ccc(C)c(CCN(C)C(=O)C(C)CCN)c1. The first-order chi connectivity index (χ1) is 8.95. The van der Waals surface area contributed by atoms with Gasteiger partial charge in [-0.1, -0.05) is 30.7 Å². The van der Waals surface area contributed by atoms with Crippen molar-refractivity contribution < 1.29 is 4.79 Å². The number of nitrogens with two attached hydrogens (primary N) is 1. The molecule has 19 heavy (non-hydrogen) atoms. The van der Waals surface area contributed by atoms with Gasteiger partial charge in [-0.05, 0) is 44.4 Å². The molecule has 106 valence electrons. The van der Waals surface area contributed by atoms with Crippen molar-refractivity contribution in [3.63, 3.8) is 0 Å². The van der Waals surface area contributed by atoms with Crippen LogP contribution in [0.25, 0.3) is 0 Å². The van der Waals surface area contributed by atoms with E-state index in [1.54, 1.807) is 0 Å². The molecule has 1 rings (SSSR count). The minimum atomic E-state index is 0.0219. The largest absolute Gasteiger partial charge is 0.345 e. The maximum Gasteiger partial charge on any atom is 0.225 e. The highest BCUT2D eigenvalue weighted by Gasteiger charge is 2.16. The van der Waals surface area contributed by atoms with Gasteiger partial charge >= 0.3 is 0 Å². The van der Waals surface area contributed by atoms with Gasteiger partial charge in [0.15, 0.2) is 0 Å². The highest BCUT2D eigenvalue weighted by atomic mass is 16.2. The minimum Gasteiger partial charge on any atom is -0.345 e. The number of benzene rings is 1. The summed E-state index contributed by atoms with van der Waals surface area (Å²) in [5.74, 6) is 0.212. The Kier molecular flexibility index (Phi) is 6.03. The molecule has 2 N–H and O–H groups in total. The number of aryl methyl sites for hydroxylation is 2. The van der Waals surface area contributed by atoms with E-state index in [9.17, 15) is 4.79 Å². The standard InChI is InChI=1S/C16H26N2O/c1-12-5-6-13(2)15(11-12)8-10-18(4)16(19)14(3)7-9-17/h5-6,11,14H,7-10,17H2,1-4H3. The molecule has 0 aliphatic carbocycles. The van der Waals surface area contributed by atoms with Crippen LogP contribution in [-0.4, -0.2) is 30.9 Å². The van der Waals surface area contributed by atoms with Gasteiger partial charge in [0.05, 0.1) is 0 Å². The van der Waals surface area contributed by atoms with Gasteiger partial charge in [-0.15, -0.1) is 0 Å². The van der Waals surface area contributed by atoms with Crippen molar-refractivity contribution >= 4 is 5.91 Å². The second kappa shape index (κ2) is 7.29. The fourth-order valence-corrected chi connectivity index (χ4v) is 2.22. The lowest BCUT2D eigenvalue weighted by atomic mass is 10.0. The van der Waals surface area contributed by atoms with E-state index in [1.165, 1.54) is 16.7 Å². The molecule has 0 aliphatic rings. The Balaban J connectivity index is 2.56. The second-order valence-electron chi connectivity index (χ2n) is 5.42. The van der Waals surface area contributed by atoms with Crippen LogP contribution in [0, 0.1) is 19.8 Å². The molecule has 3 nitrogen and oxygen atoms in total.